The molecule has 0 spiro atoms. The van der Waals surface area contributed by atoms with Crippen molar-refractivity contribution in [2.24, 2.45) is 0 Å². The van der Waals surface area contributed by atoms with E-state index in [4.69, 9.17) is 0 Å². The number of thioether (sulfide) groups is 1. The van der Waals surface area contributed by atoms with E-state index >= 15 is 0 Å². The lowest BCUT2D eigenvalue weighted by atomic mass is 10.1. The fraction of sp³-hybridized carbons (Fsp3) is 0.190. The van der Waals surface area contributed by atoms with Crippen LogP contribution in [0.1, 0.15) is 17.0 Å². The average Bonchev–Trinajstić information content (AvgIpc) is 3.42. The van der Waals surface area contributed by atoms with Crippen molar-refractivity contribution in [1.29, 1.82) is 0 Å². The highest BCUT2D eigenvalue weighted by Crippen LogP contribution is 2.23. The Morgan fingerprint density at radius 1 is 1.21 bits per heavy atom. The molecule has 4 heterocycles. The first-order valence-electron chi connectivity index (χ1n) is 10.0. The largest absolute Gasteiger partial charge is 0.324 e. The van der Waals surface area contributed by atoms with Crippen LogP contribution in [-0.2, 0) is 11.2 Å². The van der Waals surface area contributed by atoms with Crippen molar-refractivity contribution < 1.29 is 4.79 Å². The third-order valence-corrected chi connectivity index (χ3v) is 5.86. The highest BCUT2D eigenvalue weighted by molar-refractivity contribution is 7.98. The zero-order chi connectivity index (χ0) is 23.1. The van der Waals surface area contributed by atoms with Gasteiger partial charge in [0.15, 0.2) is 5.65 Å². The van der Waals surface area contributed by atoms with E-state index in [2.05, 4.69) is 35.5 Å². The van der Waals surface area contributed by atoms with Gasteiger partial charge in [-0.3, -0.25) is 9.59 Å². The number of nitrogens with zero attached hydrogens (tertiary/aromatic N) is 7. The number of nitrogens with one attached hydrogen (secondary N) is 2. The standard InChI is InChI=1S/C21H19N9O2S/c1-11-13(12(2)29-20(25-11)27-21(28-29)33-3)8-17(31)26-15-6-4-5-7-16(15)30-18-14(9-24-30)19(32)23-10-22-18/h4-7,9-10H,8H2,1-3H3,(H,26,31)(H,22,23,32). The number of aryl methyl sites for hydroxylation is 2. The van der Waals surface area contributed by atoms with Gasteiger partial charge in [-0.2, -0.15) is 10.1 Å². The van der Waals surface area contributed by atoms with E-state index in [-0.39, 0.29) is 17.9 Å². The second-order valence-corrected chi connectivity index (χ2v) is 8.11. The Morgan fingerprint density at radius 3 is 2.85 bits per heavy atom. The van der Waals surface area contributed by atoms with Gasteiger partial charge in [0.05, 0.1) is 30.3 Å². The molecule has 2 N–H and O–H groups in total. The molecule has 0 bridgehead atoms. The van der Waals surface area contributed by atoms with Crippen LogP contribution in [0, 0.1) is 13.8 Å². The molecule has 11 nitrogen and oxygen atoms in total. The number of benzene rings is 1. The lowest BCUT2D eigenvalue weighted by molar-refractivity contribution is -0.115. The van der Waals surface area contributed by atoms with Gasteiger partial charge in [-0.15, -0.1) is 5.10 Å². The van der Waals surface area contributed by atoms with E-state index in [1.54, 1.807) is 16.6 Å². The van der Waals surface area contributed by atoms with E-state index in [1.807, 2.05) is 32.2 Å². The second-order valence-electron chi connectivity index (χ2n) is 7.34. The number of aromatic nitrogens is 8. The molecule has 0 unspecified atom stereocenters. The van der Waals surface area contributed by atoms with Gasteiger partial charge in [0.1, 0.15) is 5.39 Å². The predicted molar refractivity (Wildman–Crippen MR) is 124 cm³/mol. The SMILES string of the molecule is CSc1nc2nc(C)c(CC(=O)Nc3ccccc3-n3ncc4c(=O)[nH]cnc43)c(C)n2n1. The summed E-state index contributed by atoms with van der Waals surface area (Å²) in [7, 11) is 0. The monoisotopic (exact) mass is 461 g/mol. The van der Waals surface area contributed by atoms with Gasteiger partial charge in [-0.1, -0.05) is 23.9 Å². The molecule has 166 valence electrons. The number of hydrogen-bond acceptors (Lipinski definition) is 8. The van der Waals surface area contributed by atoms with Gasteiger partial charge in [-0.05, 0) is 32.2 Å². The van der Waals surface area contributed by atoms with Crippen molar-refractivity contribution in [3.05, 3.63) is 64.1 Å². The number of H-pyrrole nitrogens is 1. The molecule has 1 amide bonds. The van der Waals surface area contributed by atoms with Crippen LogP contribution in [0.4, 0.5) is 5.69 Å². The van der Waals surface area contributed by atoms with Crippen LogP contribution in [-0.4, -0.2) is 51.5 Å². The van der Waals surface area contributed by atoms with E-state index < -0.39 is 0 Å². The molecule has 0 radical (unpaired) electrons. The Hall–Kier alpha value is -4.06. The second kappa shape index (κ2) is 8.13. The van der Waals surface area contributed by atoms with Gasteiger partial charge in [0.25, 0.3) is 11.3 Å². The minimum atomic E-state index is -0.278. The Labute approximate surface area is 191 Å². The average molecular weight is 462 g/mol. The molecule has 0 aliphatic rings. The number of hydrogen-bond donors (Lipinski definition) is 2. The zero-order valence-electron chi connectivity index (χ0n) is 18.0. The number of anilines is 1. The maximum absolute atomic E-state index is 13.0. The summed E-state index contributed by atoms with van der Waals surface area (Å²) < 4.78 is 3.19. The number of amides is 1. The van der Waals surface area contributed by atoms with Crippen LogP contribution in [0.5, 0.6) is 0 Å². The van der Waals surface area contributed by atoms with Crippen LogP contribution in [0.3, 0.4) is 0 Å². The molecule has 0 saturated carbocycles. The molecule has 33 heavy (non-hydrogen) atoms. The third kappa shape index (κ3) is 3.63. The molecule has 0 aliphatic carbocycles. The molecule has 0 aliphatic heterocycles. The Balaban J connectivity index is 1.47. The Bertz CT molecular complexity index is 1580. The van der Waals surface area contributed by atoms with E-state index in [9.17, 15) is 9.59 Å². The molecular weight excluding hydrogens is 442 g/mol. The van der Waals surface area contributed by atoms with Crippen molar-refractivity contribution in [3.8, 4) is 5.69 Å². The number of para-hydroxylation sites is 2. The van der Waals surface area contributed by atoms with Crippen molar-refractivity contribution in [2.75, 3.05) is 11.6 Å². The van der Waals surface area contributed by atoms with Crippen molar-refractivity contribution in [1.82, 2.24) is 39.3 Å². The number of fused-ring (bicyclic) bond motifs is 2. The van der Waals surface area contributed by atoms with E-state index in [1.165, 1.54) is 29.0 Å². The van der Waals surface area contributed by atoms with Gasteiger partial charge < -0.3 is 10.3 Å². The summed E-state index contributed by atoms with van der Waals surface area (Å²) in [6.45, 7) is 3.76. The van der Waals surface area contributed by atoms with Gasteiger partial charge in [0.2, 0.25) is 11.1 Å². The van der Waals surface area contributed by atoms with Crippen LogP contribution >= 0.6 is 11.8 Å². The molecule has 0 fully saturated rings. The molecule has 12 heteroatoms. The summed E-state index contributed by atoms with van der Waals surface area (Å²) in [5.74, 6) is 0.291. The summed E-state index contributed by atoms with van der Waals surface area (Å²) in [4.78, 5) is 40.7. The third-order valence-electron chi connectivity index (χ3n) is 5.33. The van der Waals surface area contributed by atoms with Crippen molar-refractivity contribution >= 4 is 40.2 Å². The molecule has 5 rings (SSSR count). The molecule has 5 aromatic rings. The maximum atomic E-state index is 13.0. The molecule has 4 aromatic heterocycles. The summed E-state index contributed by atoms with van der Waals surface area (Å²) in [5.41, 5.74) is 3.59. The molecular formula is C21H19N9O2S. The first-order chi connectivity index (χ1) is 16.0. The van der Waals surface area contributed by atoms with Crippen LogP contribution in [0.15, 0.2) is 46.7 Å². The summed E-state index contributed by atoms with van der Waals surface area (Å²) in [6.07, 6.45) is 4.79. The zero-order valence-corrected chi connectivity index (χ0v) is 18.8. The Kier molecular flexibility index (Phi) is 5.13. The normalized spacial score (nSPS) is 11.4. The molecule has 0 saturated heterocycles. The van der Waals surface area contributed by atoms with Crippen LogP contribution in [0.2, 0.25) is 0 Å². The molecule has 0 atom stereocenters. The minimum absolute atomic E-state index is 0.112. The van der Waals surface area contributed by atoms with Crippen molar-refractivity contribution in [2.45, 2.75) is 25.4 Å². The first-order valence-corrected chi connectivity index (χ1v) is 11.3. The van der Waals surface area contributed by atoms with Crippen LogP contribution in [0.25, 0.3) is 22.5 Å². The Morgan fingerprint density at radius 2 is 2.03 bits per heavy atom. The summed E-state index contributed by atoms with van der Waals surface area (Å²) >= 11 is 1.44. The highest BCUT2D eigenvalue weighted by atomic mass is 32.2. The maximum Gasteiger partial charge on any atom is 0.261 e. The van der Waals surface area contributed by atoms with E-state index in [0.717, 1.165) is 17.0 Å². The summed E-state index contributed by atoms with van der Waals surface area (Å²) in [5, 5.41) is 12.7. The van der Waals surface area contributed by atoms with Crippen molar-refractivity contribution in [3.63, 3.8) is 0 Å². The first kappa shape index (κ1) is 20.8. The van der Waals surface area contributed by atoms with E-state index in [0.29, 0.717) is 33.3 Å². The number of carbonyl (C=O) groups is 1. The quantitative estimate of drug-likeness (QED) is 0.380. The fourth-order valence-electron chi connectivity index (χ4n) is 3.68. The van der Waals surface area contributed by atoms with Gasteiger partial charge >= 0.3 is 0 Å². The minimum Gasteiger partial charge on any atom is -0.324 e. The summed E-state index contributed by atoms with van der Waals surface area (Å²) in [6, 6.07) is 7.21. The van der Waals surface area contributed by atoms with Crippen LogP contribution < -0.4 is 10.9 Å². The highest BCUT2D eigenvalue weighted by Gasteiger charge is 2.18. The number of carbonyl (C=O) groups excluding carboxylic acids is 1. The topological polar surface area (TPSA) is 136 Å². The fourth-order valence-corrected chi connectivity index (χ4v) is 4.02. The number of aromatic amines is 1. The van der Waals surface area contributed by atoms with Gasteiger partial charge in [0, 0.05) is 17.0 Å². The molecule has 1 aromatic carbocycles. The number of rotatable bonds is 5. The smallest absolute Gasteiger partial charge is 0.261 e. The van der Waals surface area contributed by atoms with Gasteiger partial charge in [-0.25, -0.2) is 19.2 Å². The lowest BCUT2D eigenvalue weighted by Gasteiger charge is -2.13. The predicted octanol–water partition coefficient (Wildman–Crippen LogP) is 2.07. The lowest BCUT2D eigenvalue weighted by Crippen LogP contribution is -2.19.